The maximum absolute atomic E-state index is 12.1. The summed E-state index contributed by atoms with van der Waals surface area (Å²) in [7, 11) is 0. The van der Waals surface area contributed by atoms with Gasteiger partial charge in [-0.1, -0.05) is 12.1 Å². The number of anilines is 1. The number of aromatic nitrogens is 2. The first kappa shape index (κ1) is 17.7. The van der Waals surface area contributed by atoms with Crippen LogP contribution in [0.15, 0.2) is 36.7 Å². The molecule has 1 aromatic heterocycles. The number of hydrogen-bond acceptors (Lipinski definition) is 5. The molecular formula is C15H15F3N4O2. The van der Waals surface area contributed by atoms with Crippen molar-refractivity contribution in [2.75, 3.05) is 25.0 Å². The lowest BCUT2D eigenvalue weighted by Gasteiger charge is -2.09. The van der Waals surface area contributed by atoms with Gasteiger partial charge in [-0.25, -0.2) is 9.97 Å². The third-order valence-corrected chi connectivity index (χ3v) is 2.98. The topological polar surface area (TPSA) is 87.1 Å². The van der Waals surface area contributed by atoms with Gasteiger partial charge in [0.2, 0.25) is 0 Å². The molecule has 2 aromatic rings. The van der Waals surface area contributed by atoms with Gasteiger partial charge in [-0.15, -0.1) is 0 Å². The monoisotopic (exact) mass is 340 g/mol. The molecule has 6 nitrogen and oxygen atoms in total. The predicted octanol–water partition coefficient (Wildman–Crippen LogP) is 1.84. The van der Waals surface area contributed by atoms with Crippen LogP contribution in [0.5, 0.6) is 0 Å². The molecule has 0 bridgehead atoms. The van der Waals surface area contributed by atoms with E-state index in [2.05, 4.69) is 15.3 Å². The van der Waals surface area contributed by atoms with Crippen LogP contribution >= 0.6 is 0 Å². The highest BCUT2D eigenvalue weighted by molar-refractivity contribution is 5.94. The highest BCUT2D eigenvalue weighted by Crippen LogP contribution is 2.19. The Balaban J connectivity index is 2.07. The predicted molar refractivity (Wildman–Crippen MR) is 81.4 cm³/mol. The number of halogens is 3. The van der Waals surface area contributed by atoms with Crippen molar-refractivity contribution >= 4 is 11.7 Å². The van der Waals surface area contributed by atoms with E-state index in [9.17, 15) is 18.0 Å². The second-order valence-corrected chi connectivity index (χ2v) is 4.81. The van der Waals surface area contributed by atoms with Crippen molar-refractivity contribution in [3.05, 3.63) is 42.2 Å². The van der Waals surface area contributed by atoms with Crippen LogP contribution in [0.1, 0.15) is 10.4 Å². The molecule has 0 atom stereocenters. The van der Waals surface area contributed by atoms with Crippen LogP contribution in [0.25, 0.3) is 11.3 Å². The largest absolute Gasteiger partial charge is 0.405 e. The number of hydrogen-bond donors (Lipinski definition) is 3. The van der Waals surface area contributed by atoms with E-state index in [1.807, 2.05) is 5.32 Å². The molecule has 2 rings (SSSR count). The molecule has 24 heavy (non-hydrogen) atoms. The highest BCUT2D eigenvalue weighted by atomic mass is 19.4. The number of rotatable bonds is 6. The molecule has 9 heteroatoms. The summed E-state index contributed by atoms with van der Waals surface area (Å²) >= 11 is 0. The third kappa shape index (κ3) is 5.20. The van der Waals surface area contributed by atoms with Gasteiger partial charge in [0.25, 0.3) is 5.91 Å². The van der Waals surface area contributed by atoms with E-state index in [-0.39, 0.29) is 12.2 Å². The second kappa shape index (κ2) is 7.73. The van der Waals surface area contributed by atoms with Crippen molar-refractivity contribution in [2.45, 2.75) is 6.18 Å². The number of benzene rings is 1. The lowest BCUT2D eigenvalue weighted by molar-refractivity contribution is -0.123. The third-order valence-electron chi connectivity index (χ3n) is 2.98. The van der Waals surface area contributed by atoms with Crippen LogP contribution in [0.4, 0.5) is 19.0 Å². The van der Waals surface area contributed by atoms with Gasteiger partial charge >= 0.3 is 6.18 Å². The summed E-state index contributed by atoms with van der Waals surface area (Å²) in [6.07, 6.45) is -3.10. The minimum atomic E-state index is -4.45. The molecule has 1 aromatic carbocycles. The van der Waals surface area contributed by atoms with Crippen molar-refractivity contribution in [3.8, 4) is 11.3 Å². The first-order valence-electron chi connectivity index (χ1n) is 7.01. The molecule has 0 unspecified atom stereocenters. The molecule has 0 aliphatic heterocycles. The van der Waals surface area contributed by atoms with Crippen molar-refractivity contribution < 1.29 is 23.1 Å². The SMILES string of the molecule is O=C(NCC(F)(F)F)c1ccc(-c2cc(NCCO)ncn2)cc1. The zero-order chi connectivity index (χ0) is 17.6. The molecule has 128 valence electrons. The number of amides is 1. The minimum Gasteiger partial charge on any atom is -0.395 e. The van der Waals surface area contributed by atoms with E-state index < -0.39 is 18.6 Å². The number of carbonyl (C=O) groups is 1. The Hall–Kier alpha value is -2.68. The Morgan fingerprint density at radius 2 is 1.88 bits per heavy atom. The number of nitrogens with zero attached hydrogens (tertiary/aromatic N) is 2. The van der Waals surface area contributed by atoms with E-state index in [4.69, 9.17) is 5.11 Å². The Morgan fingerprint density at radius 1 is 1.17 bits per heavy atom. The molecule has 1 heterocycles. The minimum absolute atomic E-state index is 0.0406. The zero-order valence-electron chi connectivity index (χ0n) is 12.5. The Kier molecular flexibility index (Phi) is 5.69. The zero-order valence-corrected chi connectivity index (χ0v) is 12.5. The summed E-state index contributed by atoms with van der Waals surface area (Å²) < 4.78 is 36.3. The number of aliphatic hydroxyl groups excluding tert-OH is 1. The van der Waals surface area contributed by atoms with E-state index >= 15 is 0 Å². The van der Waals surface area contributed by atoms with E-state index in [0.29, 0.717) is 23.6 Å². The standard InChI is InChI=1S/C15H15F3N4O2/c16-15(17,18)8-20-14(24)11-3-1-10(2-4-11)12-7-13(19-5-6-23)22-9-21-12/h1-4,7,9,23H,5-6,8H2,(H,20,24)(H,19,21,22). The first-order chi connectivity index (χ1) is 11.4. The average Bonchev–Trinajstić information content (AvgIpc) is 2.57. The van der Waals surface area contributed by atoms with Gasteiger partial charge in [-0.05, 0) is 12.1 Å². The number of carbonyl (C=O) groups excluding carboxylic acids is 1. The molecule has 3 N–H and O–H groups in total. The van der Waals surface area contributed by atoms with Gasteiger partial charge < -0.3 is 15.7 Å². The van der Waals surface area contributed by atoms with Gasteiger partial charge in [0.05, 0.1) is 12.3 Å². The van der Waals surface area contributed by atoms with E-state index in [1.165, 1.54) is 18.5 Å². The quantitative estimate of drug-likeness (QED) is 0.747. The Morgan fingerprint density at radius 3 is 2.50 bits per heavy atom. The van der Waals surface area contributed by atoms with Crippen LogP contribution in [-0.2, 0) is 0 Å². The fourth-order valence-corrected chi connectivity index (χ4v) is 1.87. The van der Waals surface area contributed by atoms with Crippen LogP contribution in [0, 0.1) is 0 Å². The van der Waals surface area contributed by atoms with Gasteiger partial charge in [-0.3, -0.25) is 4.79 Å². The number of alkyl halides is 3. The van der Waals surface area contributed by atoms with Gasteiger partial charge in [-0.2, -0.15) is 13.2 Å². The summed E-state index contributed by atoms with van der Waals surface area (Å²) in [6.45, 7) is -1.07. The average molecular weight is 340 g/mol. The molecule has 1 amide bonds. The Bertz CT molecular complexity index is 690. The summed E-state index contributed by atoms with van der Waals surface area (Å²) in [5, 5.41) is 13.5. The fraction of sp³-hybridized carbons (Fsp3) is 0.267. The first-order valence-corrected chi connectivity index (χ1v) is 7.01. The lowest BCUT2D eigenvalue weighted by atomic mass is 10.1. The van der Waals surface area contributed by atoms with Crippen LogP contribution < -0.4 is 10.6 Å². The molecular weight excluding hydrogens is 325 g/mol. The molecule has 0 aliphatic carbocycles. The van der Waals surface area contributed by atoms with Crippen LogP contribution in [-0.4, -0.2) is 46.9 Å². The number of aliphatic hydroxyl groups is 1. The molecule has 0 saturated carbocycles. The summed E-state index contributed by atoms with van der Waals surface area (Å²) in [5.74, 6) is -0.270. The molecule has 0 spiro atoms. The van der Waals surface area contributed by atoms with Gasteiger partial charge in [0.1, 0.15) is 18.7 Å². The van der Waals surface area contributed by atoms with Gasteiger partial charge in [0.15, 0.2) is 0 Å². The molecule has 0 aliphatic rings. The smallest absolute Gasteiger partial charge is 0.395 e. The van der Waals surface area contributed by atoms with E-state index in [1.54, 1.807) is 18.2 Å². The summed E-state index contributed by atoms with van der Waals surface area (Å²) in [4.78, 5) is 19.7. The van der Waals surface area contributed by atoms with Gasteiger partial charge in [0, 0.05) is 23.7 Å². The fourth-order valence-electron chi connectivity index (χ4n) is 1.87. The normalized spacial score (nSPS) is 11.2. The summed E-state index contributed by atoms with van der Waals surface area (Å²) in [6, 6.07) is 7.67. The van der Waals surface area contributed by atoms with Crippen molar-refractivity contribution in [1.29, 1.82) is 0 Å². The lowest BCUT2D eigenvalue weighted by Crippen LogP contribution is -2.33. The van der Waals surface area contributed by atoms with Crippen molar-refractivity contribution in [1.82, 2.24) is 15.3 Å². The van der Waals surface area contributed by atoms with Crippen molar-refractivity contribution in [3.63, 3.8) is 0 Å². The Labute approximate surface area is 135 Å². The maximum atomic E-state index is 12.1. The molecule has 0 fully saturated rings. The molecule has 0 radical (unpaired) electrons. The number of nitrogens with one attached hydrogen (secondary N) is 2. The van der Waals surface area contributed by atoms with Crippen molar-refractivity contribution in [2.24, 2.45) is 0 Å². The van der Waals surface area contributed by atoms with Crippen LogP contribution in [0.2, 0.25) is 0 Å². The van der Waals surface area contributed by atoms with Crippen LogP contribution in [0.3, 0.4) is 0 Å². The summed E-state index contributed by atoms with van der Waals surface area (Å²) in [5.41, 5.74) is 1.38. The second-order valence-electron chi connectivity index (χ2n) is 4.81. The maximum Gasteiger partial charge on any atom is 0.405 e. The highest BCUT2D eigenvalue weighted by Gasteiger charge is 2.27. The molecule has 0 saturated heterocycles. The van der Waals surface area contributed by atoms with E-state index in [0.717, 1.165) is 0 Å².